The van der Waals surface area contributed by atoms with Crippen molar-refractivity contribution in [3.8, 4) is 51.0 Å². The first-order chi connectivity index (χ1) is 28.7. The normalized spacial score (nSPS) is 11.8. The molecular formula is C53H32N4S. The molecule has 3 aromatic heterocycles. The second kappa shape index (κ2) is 13.1. The highest BCUT2D eigenvalue weighted by Gasteiger charge is 2.21. The molecule has 0 spiro atoms. The van der Waals surface area contributed by atoms with Crippen molar-refractivity contribution < 1.29 is 0 Å². The second-order valence-electron chi connectivity index (χ2n) is 14.8. The van der Waals surface area contributed by atoms with E-state index in [2.05, 4.69) is 162 Å². The fraction of sp³-hybridized carbons (Fsp3) is 0. The molecule has 4 nitrogen and oxygen atoms in total. The van der Waals surface area contributed by atoms with Crippen LogP contribution in [-0.4, -0.2) is 19.5 Å². The Balaban J connectivity index is 1.16. The summed E-state index contributed by atoms with van der Waals surface area (Å²) in [7, 11) is 0. The Bertz CT molecular complexity index is 3510. The molecule has 0 amide bonds. The van der Waals surface area contributed by atoms with Crippen molar-refractivity contribution in [1.29, 1.82) is 0 Å². The molecule has 12 aromatic rings. The Morgan fingerprint density at radius 1 is 0.345 bits per heavy atom. The highest BCUT2D eigenvalue weighted by Crippen LogP contribution is 2.43. The van der Waals surface area contributed by atoms with E-state index in [4.69, 9.17) is 15.0 Å². The fourth-order valence-corrected chi connectivity index (χ4v) is 9.82. The Morgan fingerprint density at radius 2 is 0.966 bits per heavy atom. The molecular weight excluding hydrogens is 725 g/mol. The van der Waals surface area contributed by atoms with Gasteiger partial charge in [-0.3, -0.25) is 0 Å². The van der Waals surface area contributed by atoms with Crippen molar-refractivity contribution in [2.45, 2.75) is 0 Å². The summed E-state index contributed by atoms with van der Waals surface area (Å²) in [5.41, 5.74) is 8.39. The van der Waals surface area contributed by atoms with E-state index in [0.717, 1.165) is 33.5 Å². The van der Waals surface area contributed by atoms with Gasteiger partial charge in [-0.1, -0.05) is 146 Å². The predicted molar refractivity (Wildman–Crippen MR) is 244 cm³/mol. The van der Waals surface area contributed by atoms with Crippen molar-refractivity contribution in [2.24, 2.45) is 0 Å². The average molecular weight is 757 g/mol. The SMILES string of the molecule is c1ccc(-c2nc(-c3ccccc3)nc(-c3ccc(-n4c5cc6ccccc6cc5c5c6ccccc6ccc54)cc3-c3ccc4c(c3)sc3ccccc34)n2)cc1. The molecule has 58 heavy (non-hydrogen) atoms. The van der Waals surface area contributed by atoms with Gasteiger partial charge in [0.1, 0.15) is 0 Å². The van der Waals surface area contributed by atoms with Crippen LogP contribution >= 0.6 is 11.3 Å². The molecule has 270 valence electrons. The van der Waals surface area contributed by atoms with Crippen molar-refractivity contribution in [3.63, 3.8) is 0 Å². The van der Waals surface area contributed by atoms with Crippen molar-refractivity contribution >= 4 is 74.9 Å². The summed E-state index contributed by atoms with van der Waals surface area (Å²) in [6.07, 6.45) is 0. The molecule has 0 atom stereocenters. The summed E-state index contributed by atoms with van der Waals surface area (Å²) in [5, 5.41) is 9.96. The van der Waals surface area contributed by atoms with E-state index < -0.39 is 0 Å². The van der Waals surface area contributed by atoms with Crippen LogP contribution in [0.2, 0.25) is 0 Å². The van der Waals surface area contributed by atoms with Gasteiger partial charge in [-0.25, -0.2) is 15.0 Å². The molecule has 0 aliphatic heterocycles. The van der Waals surface area contributed by atoms with Crippen molar-refractivity contribution in [2.75, 3.05) is 0 Å². The van der Waals surface area contributed by atoms with E-state index in [9.17, 15) is 0 Å². The topological polar surface area (TPSA) is 43.6 Å². The van der Waals surface area contributed by atoms with E-state index in [1.54, 1.807) is 0 Å². The highest BCUT2D eigenvalue weighted by atomic mass is 32.1. The number of nitrogens with zero attached hydrogens (tertiary/aromatic N) is 4. The lowest BCUT2D eigenvalue weighted by molar-refractivity contribution is 1.07. The van der Waals surface area contributed by atoms with Crippen LogP contribution in [0, 0.1) is 0 Å². The van der Waals surface area contributed by atoms with Gasteiger partial charge in [0.2, 0.25) is 0 Å². The molecule has 0 aliphatic rings. The summed E-state index contributed by atoms with van der Waals surface area (Å²) in [6.45, 7) is 0. The number of hydrogen-bond acceptors (Lipinski definition) is 4. The molecule has 0 unspecified atom stereocenters. The molecule has 0 aliphatic carbocycles. The average Bonchev–Trinajstić information content (AvgIpc) is 3.83. The van der Waals surface area contributed by atoms with Crippen LogP contribution in [0.3, 0.4) is 0 Å². The van der Waals surface area contributed by atoms with Gasteiger partial charge in [-0.15, -0.1) is 11.3 Å². The summed E-state index contributed by atoms with van der Waals surface area (Å²) in [6, 6.07) is 69.3. The Morgan fingerprint density at radius 3 is 1.72 bits per heavy atom. The molecule has 0 radical (unpaired) electrons. The molecule has 9 aromatic carbocycles. The third-order valence-corrected chi connectivity index (χ3v) is 12.5. The maximum absolute atomic E-state index is 5.22. The lowest BCUT2D eigenvalue weighted by Crippen LogP contribution is -2.02. The molecule has 0 fully saturated rings. The zero-order valence-electron chi connectivity index (χ0n) is 31.2. The van der Waals surface area contributed by atoms with Crippen LogP contribution in [0.4, 0.5) is 0 Å². The van der Waals surface area contributed by atoms with Gasteiger partial charge in [0.25, 0.3) is 0 Å². The number of hydrogen-bond donors (Lipinski definition) is 0. The largest absolute Gasteiger partial charge is 0.309 e. The van der Waals surface area contributed by atoms with Crippen molar-refractivity contribution in [1.82, 2.24) is 19.5 Å². The molecule has 12 rings (SSSR count). The number of benzene rings is 9. The first kappa shape index (κ1) is 32.7. The van der Waals surface area contributed by atoms with Crippen LogP contribution in [0.1, 0.15) is 0 Å². The summed E-state index contributed by atoms with van der Waals surface area (Å²) in [4.78, 5) is 15.5. The smallest absolute Gasteiger partial charge is 0.164 e. The fourth-order valence-electron chi connectivity index (χ4n) is 8.68. The maximum atomic E-state index is 5.22. The summed E-state index contributed by atoms with van der Waals surface area (Å²) >= 11 is 1.83. The Hall–Kier alpha value is -7.47. The minimum atomic E-state index is 0.630. The number of rotatable bonds is 5. The first-order valence-electron chi connectivity index (χ1n) is 19.5. The molecule has 0 saturated heterocycles. The number of fused-ring (bicyclic) bond motifs is 9. The Labute approximate surface area is 338 Å². The molecule has 3 heterocycles. The lowest BCUT2D eigenvalue weighted by Gasteiger charge is -2.16. The number of aromatic nitrogens is 4. The predicted octanol–water partition coefficient (Wildman–Crippen LogP) is 14.3. The van der Waals surface area contributed by atoms with Gasteiger partial charge in [0, 0.05) is 53.3 Å². The molecule has 0 bridgehead atoms. The van der Waals surface area contributed by atoms with Crippen LogP contribution in [0.15, 0.2) is 194 Å². The molecule has 5 heteroatoms. The monoisotopic (exact) mass is 756 g/mol. The van der Waals surface area contributed by atoms with Gasteiger partial charge >= 0.3 is 0 Å². The second-order valence-corrected chi connectivity index (χ2v) is 15.9. The van der Waals surface area contributed by atoms with E-state index >= 15 is 0 Å². The number of thiophene rings is 1. The molecule has 0 saturated carbocycles. The van der Waals surface area contributed by atoms with Crippen LogP contribution in [0.25, 0.3) is 115 Å². The summed E-state index contributed by atoms with van der Waals surface area (Å²) in [5.74, 6) is 1.91. The van der Waals surface area contributed by atoms with Crippen molar-refractivity contribution in [3.05, 3.63) is 194 Å². The van der Waals surface area contributed by atoms with Crippen LogP contribution in [-0.2, 0) is 0 Å². The minimum Gasteiger partial charge on any atom is -0.309 e. The minimum absolute atomic E-state index is 0.630. The zero-order chi connectivity index (χ0) is 38.2. The zero-order valence-corrected chi connectivity index (χ0v) is 32.0. The van der Waals surface area contributed by atoms with Gasteiger partial charge in [0.05, 0.1) is 11.0 Å². The van der Waals surface area contributed by atoms with Crippen LogP contribution in [0.5, 0.6) is 0 Å². The van der Waals surface area contributed by atoms with Gasteiger partial charge < -0.3 is 4.57 Å². The van der Waals surface area contributed by atoms with E-state index in [-0.39, 0.29) is 0 Å². The van der Waals surface area contributed by atoms with E-state index in [0.29, 0.717) is 17.5 Å². The maximum Gasteiger partial charge on any atom is 0.164 e. The molecule has 0 N–H and O–H groups in total. The summed E-state index contributed by atoms with van der Waals surface area (Å²) < 4.78 is 4.97. The van der Waals surface area contributed by atoms with Gasteiger partial charge in [0.15, 0.2) is 17.5 Å². The quantitative estimate of drug-likeness (QED) is 0.176. The third-order valence-electron chi connectivity index (χ3n) is 11.4. The standard InChI is InChI=1S/C53H32N4S/c1-3-14-34(15-4-1)51-54-52(35-16-5-2-6-17-35)56-53(55-51)43-27-25-39(32-44(43)38-23-26-42-41-21-11-12-22-48(41)58-49(42)31-38)57-46-28-24-33-13-9-10-20-40(33)50(46)45-29-36-18-7-8-19-37(36)30-47(45)57/h1-32H. The first-order valence-corrected chi connectivity index (χ1v) is 20.3. The Kier molecular flexibility index (Phi) is 7.37. The van der Waals surface area contributed by atoms with Gasteiger partial charge in [-0.05, 0) is 81.2 Å². The highest BCUT2D eigenvalue weighted by molar-refractivity contribution is 7.25. The van der Waals surface area contributed by atoms with Crippen LogP contribution < -0.4 is 0 Å². The van der Waals surface area contributed by atoms with Gasteiger partial charge in [-0.2, -0.15) is 0 Å². The van der Waals surface area contributed by atoms with E-state index in [1.165, 1.54) is 63.5 Å². The van der Waals surface area contributed by atoms with E-state index in [1.807, 2.05) is 47.7 Å². The third kappa shape index (κ3) is 5.25. The lowest BCUT2D eigenvalue weighted by atomic mass is 9.97.